The second-order valence-corrected chi connectivity index (χ2v) is 8.64. The van der Waals surface area contributed by atoms with Crippen LogP contribution in [0.25, 0.3) is 10.8 Å². The zero-order chi connectivity index (χ0) is 21.5. The molecule has 8 heteroatoms. The minimum Gasteiger partial charge on any atom is -0.496 e. The van der Waals surface area contributed by atoms with Gasteiger partial charge in [-0.25, -0.2) is 4.79 Å². The lowest BCUT2D eigenvalue weighted by molar-refractivity contribution is 0.0934. The number of hydrogen-bond donors (Lipinski definition) is 2. The minimum atomic E-state index is -0.415. The van der Waals surface area contributed by atoms with Gasteiger partial charge in [-0.1, -0.05) is 30.3 Å². The summed E-state index contributed by atoms with van der Waals surface area (Å²) in [5.74, 6) is 0.616. The number of methoxy groups -OCH3 is 1. The molecule has 2 aromatic carbocycles. The van der Waals surface area contributed by atoms with Crippen LogP contribution in [-0.4, -0.2) is 37.2 Å². The van der Waals surface area contributed by atoms with Gasteiger partial charge < -0.3 is 25.0 Å². The molecule has 1 atom stereocenters. The Balaban J connectivity index is 1.51. The van der Waals surface area contributed by atoms with Crippen LogP contribution in [0.4, 0.5) is 9.80 Å². The highest BCUT2D eigenvalue weighted by molar-refractivity contribution is 7.16. The predicted molar refractivity (Wildman–Crippen MR) is 120 cm³/mol. The number of carbonyl (C=O) groups excluding carboxylic acids is 2. The van der Waals surface area contributed by atoms with E-state index >= 15 is 0 Å². The molecular weight excluding hydrogens is 414 g/mol. The van der Waals surface area contributed by atoms with Crippen molar-refractivity contribution >= 4 is 39.1 Å². The summed E-state index contributed by atoms with van der Waals surface area (Å²) in [6.45, 7) is 3.15. The Labute approximate surface area is 183 Å². The van der Waals surface area contributed by atoms with Crippen molar-refractivity contribution in [2.45, 2.75) is 26.1 Å². The lowest BCUT2D eigenvalue weighted by atomic mass is 9.98. The van der Waals surface area contributed by atoms with Gasteiger partial charge in [0.2, 0.25) is 0 Å². The number of fused-ring (bicyclic) bond motifs is 4. The number of rotatable bonds is 3. The van der Waals surface area contributed by atoms with Crippen molar-refractivity contribution in [1.29, 1.82) is 0 Å². The zero-order valence-electron chi connectivity index (χ0n) is 17.4. The molecule has 1 aromatic heterocycles. The van der Waals surface area contributed by atoms with Crippen molar-refractivity contribution in [2.24, 2.45) is 0 Å². The van der Waals surface area contributed by atoms with Gasteiger partial charge in [-0.15, -0.1) is 11.3 Å². The molecule has 0 fully saturated rings. The van der Waals surface area contributed by atoms with Crippen molar-refractivity contribution in [3.05, 3.63) is 58.0 Å². The molecule has 2 N–H and O–H groups in total. The van der Waals surface area contributed by atoms with Crippen molar-refractivity contribution < 1.29 is 19.1 Å². The molecule has 3 heterocycles. The molecule has 2 amide bonds. The number of hydrogen-bond acceptors (Lipinski definition) is 6. The lowest BCUT2D eigenvalue weighted by Gasteiger charge is -2.29. The third-order valence-corrected chi connectivity index (χ3v) is 6.95. The maximum atomic E-state index is 13.2. The van der Waals surface area contributed by atoms with E-state index in [0.29, 0.717) is 31.7 Å². The monoisotopic (exact) mass is 437 g/mol. The largest absolute Gasteiger partial charge is 0.496 e. The van der Waals surface area contributed by atoms with E-state index < -0.39 is 6.17 Å². The Kier molecular flexibility index (Phi) is 4.94. The Morgan fingerprint density at radius 1 is 1.23 bits per heavy atom. The first-order valence-corrected chi connectivity index (χ1v) is 11.1. The molecule has 0 saturated carbocycles. The molecule has 0 radical (unpaired) electrons. The molecule has 0 saturated heterocycles. The summed E-state index contributed by atoms with van der Waals surface area (Å²) in [6, 6.07) is 12.0. The third kappa shape index (κ3) is 3.27. The van der Waals surface area contributed by atoms with E-state index in [1.807, 2.05) is 36.4 Å². The number of anilines is 1. The van der Waals surface area contributed by atoms with Crippen LogP contribution < -0.4 is 15.4 Å². The van der Waals surface area contributed by atoms with Crippen LogP contribution in [0.15, 0.2) is 36.4 Å². The van der Waals surface area contributed by atoms with Gasteiger partial charge >= 0.3 is 6.09 Å². The second kappa shape index (κ2) is 7.77. The summed E-state index contributed by atoms with van der Waals surface area (Å²) < 4.78 is 10.8. The van der Waals surface area contributed by atoms with Crippen LogP contribution in [0.1, 0.15) is 39.5 Å². The molecule has 0 spiro atoms. The fourth-order valence-electron chi connectivity index (χ4n) is 4.38. The van der Waals surface area contributed by atoms with Crippen molar-refractivity contribution in [3.63, 3.8) is 0 Å². The number of amides is 2. The molecule has 0 unspecified atom stereocenters. The smallest absolute Gasteiger partial charge is 0.410 e. The summed E-state index contributed by atoms with van der Waals surface area (Å²) in [5.41, 5.74) is 2.62. The number of thiophene rings is 1. The van der Waals surface area contributed by atoms with Gasteiger partial charge in [0.1, 0.15) is 16.9 Å². The average Bonchev–Trinajstić information content (AvgIpc) is 3.16. The van der Waals surface area contributed by atoms with Crippen LogP contribution >= 0.6 is 11.3 Å². The molecule has 31 heavy (non-hydrogen) atoms. The first-order valence-electron chi connectivity index (χ1n) is 10.3. The Bertz CT molecular complexity index is 1190. The van der Waals surface area contributed by atoms with E-state index in [0.717, 1.165) is 37.5 Å². The van der Waals surface area contributed by atoms with Gasteiger partial charge in [0.25, 0.3) is 5.91 Å². The highest BCUT2D eigenvalue weighted by Crippen LogP contribution is 2.43. The number of nitrogens with zero attached hydrogens (tertiary/aromatic N) is 1. The number of carbonyl (C=O) groups is 2. The van der Waals surface area contributed by atoms with Crippen molar-refractivity contribution in [2.75, 3.05) is 25.6 Å². The molecule has 0 aliphatic carbocycles. The molecule has 2 aliphatic heterocycles. The molecular formula is C23H23N3O4S. The number of benzene rings is 2. The van der Waals surface area contributed by atoms with Crippen LogP contribution in [0.5, 0.6) is 5.75 Å². The number of nitrogens with one attached hydrogen (secondary N) is 2. The normalized spacial score (nSPS) is 17.4. The quantitative estimate of drug-likeness (QED) is 0.639. The molecule has 5 rings (SSSR count). The SMILES string of the molecule is CCOC(=O)N1CCc2c(sc3c2C(=O)N[C@H](c2c(OC)ccc4ccccc24)N3)C1. The van der Waals surface area contributed by atoms with Crippen LogP contribution in [0, 0.1) is 0 Å². The third-order valence-electron chi connectivity index (χ3n) is 5.80. The fourth-order valence-corrected chi connectivity index (χ4v) is 5.67. The molecule has 7 nitrogen and oxygen atoms in total. The van der Waals surface area contributed by atoms with Gasteiger partial charge in [-0.2, -0.15) is 0 Å². The maximum Gasteiger partial charge on any atom is 0.410 e. The lowest BCUT2D eigenvalue weighted by Crippen LogP contribution is -2.39. The zero-order valence-corrected chi connectivity index (χ0v) is 18.2. The van der Waals surface area contributed by atoms with Gasteiger partial charge in [0, 0.05) is 17.0 Å². The van der Waals surface area contributed by atoms with E-state index in [1.54, 1.807) is 18.9 Å². The van der Waals surface area contributed by atoms with E-state index in [9.17, 15) is 9.59 Å². The summed E-state index contributed by atoms with van der Waals surface area (Å²) in [6.07, 6.45) is -0.0882. The van der Waals surface area contributed by atoms with Crippen molar-refractivity contribution in [1.82, 2.24) is 10.2 Å². The second-order valence-electron chi connectivity index (χ2n) is 7.53. The summed E-state index contributed by atoms with van der Waals surface area (Å²) >= 11 is 1.54. The number of ether oxygens (including phenoxy) is 2. The van der Waals surface area contributed by atoms with Crippen LogP contribution in [-0.2, 0) is 17.7 Å². The Morgan fingerprint density at radius 3 is 2.87 bits per heavy atom. The summed E-state index contributed by atoms with van der Waals surface area (Å²) in [5, 5.41) is 9.56. The van der Waals surface area contributed by atoms with Gasteiger partial charge in [0.15, 0.2) is 0 Å². The maximum absolute atomic E-state index is 13.2. The van der Waals surface area contributed by atoms with Gasteiger partial charge in [-0.05, 0) is 35.7 Å². The highest BCUT2D eigenvalue weighted by Gasteiger charge is 2.35. The molecule has 3 aromatic rings. The highest BCUT2D eigenvalue weighted by atomic mass is 32.1. The van der Waals surface area contributed by atoms with E-state index in [2.05, 4.69) is 10.6 Å². The minimum absolute atomic E-state index is 0.101. The topological polar surface area (TPSA) is 79.9 Å². The summed E-state index contributed by atoms with van der Waals surface area (Å²) in [4.78, 5) is 28.0. The van der Waals surface area contributed by atoms with E-state index in [1.165, 1.54) is 11.3 Å². The van der Waals surface area contributed by atoms with Crippen LogP contribution in [0.3, 0.4) is 0 Å². The Hall–Kier alpha value is -3.26. The van der Waals surface area contributed by atoms with Gasteiger partial charge in [-0.3, -0.25) is 4.79 Å². The predicted octanol–water partition coefficient (Wildman–Crippen LogP) is 4.28. The average molecular weight is 438 g/mol. The molecule has 2 aliphatic rings. The van der Waals surface area contributed by atoms with Crippen molar-refractivity contribution in [3.8, 4) is 5.75 Å². The summed E-state index contributed by atoms with van der Waals surface area (Å²) in [7, 11) is 1.64. The molecule has 160 valence electrons. The fraction of sp³-hybridized carbons (Fsp3) is 0.304. The first-order chi connectivity index (χ1) is 15.1. The van der Waals surface area contributed by atoms with Gasteiger partial charge in [0.05, 0.1) is 25.8 Å². The van der Waals surface area contributed by atoms with E-state index in [4.69, 9.17) is 9.47 Å². The van der Waals surface area contributed by atoms with Crippen LogP contribution in [0.2, 0.25) is 0 Å². The first kappa shape index (κ1) is 19.7. The molecule has 0 bridgehead atoms. The van der Waals surface area contributed by atoms with E-state index in [-0.39, 0.29) is 12.0 Å². The standard InChI is InChI=1S/C23H23N3O4S/c1-3-30-23(28)26-11-10-15-17(12-26)31-22-19(15)21(27)24-20(25-22)18-14-7-5-4-6-13(14)8-9-16(18)29-2/h4-9,20,25H,3,10-12H2,1-2H3,(H,24,27)/t20-/m0/s1. The Morgan fingerprint density at radius 2 is 2.06 bits per heavy atom.